The number of hydrogen-bond donors (Lipinski definition) is 1. The molecule has 166 valence electrons. The Bertz CT molecular complexity index is 826. The van der Waals surface area contributed by atoms with Crippen molar-refractivity contribution in [1.29, 1.82) is 0 Å². The first kappa shape index (κ1) is 24.8. The Hall–Kier alpha value is -2.46. The molecule has 3 nitrogen and oxygen atoms in total. The first-order valence-corrected chi connectivity index (χ1v) is 11.2. The van der Waals surface area contributed by atoms with Gasteiger partial charge in [-0.2, -0.15) is 0 Å². The zero-order valence-electron chi connectivity index (χ0n) is 19.7. The molecule has 0 heterocycles. The molecule has 0 radical (unpaired) electrons. The molecule has 0 fully saturated rings. The molecule has 2 N–H and O–H groups in total. The van der Waals surface area contributed by atoms with Crippen LogP contribution in [0.1, 0.15) is 57.8 Å². The highest BCUT2D eigenvalue weighted by Crippen LogP contribution is 2.31. The van der Waals surface area contributed by atoms with E-state index in [1.54, 1.807) is 6.08 Å². The average molecular weight is 418 g/mol. The molecular formula is C28H39N3. The fraction of sp³-hybridized carbons (Fsp3) is 0.357. The highest BCUT2D eigenvalue weighted by Gasteiger charge is 2.33. The summed E-state index contributed by atoms with van der Waals surface area (Å²) in [4.78, 5) is 4.94. The Balaban J connectivity index is 2.42. The van der Waals surface area contributed by atoms with Crippen LogP contribution >= 0.6 is 0 Å². The zero-order valence-corrected chi connectivity index (χ0v) is 19.7. The van der Waals surface area contributed by atoms with Gasteiger partial charge in [-0.1, -0.05) is 97.6 Å². The molecule has 2 rings (SSSR count). The van der Waals surface area contributed by atoms with Gasteiger partial charge in [-0.25, -0.2) is 0 Å². The van der Waals surface area contributed by atoms with Crippen LogP contribution in [0.5, 0.6) is 0 Å². The van der Waals surface area contributed by atoms with Crippen molar-refractivity contribution < 1.29 is 0 Å². The van der Waals surface area contributed by atoms with Crippen LogP contribution in [0.15, 0.2) is 97.6 Å². The van der Waals surface area contributed by atoms with Crippen molar-refractivity contribution in [1.82, 2.24) is 9.80 Å². The van der Waals surface area contributed by atoms with Gasteiger partial charge in [0.1, 0.15) is 0 Å². The molecule has 5 atom stereocenters. The third-order valence-corrected chi connectivity index (χ3v) is 6.01. The van der Waals surface area contributed by atoms with Crippen LogP contribution in [0.3, 0.4) is 0 Å². The predicted octanol–water partition coefficient (Wildman–Crippen LogP) is 6.45. The number of nitrogens with two attached hydrogens (primary N) is 1. The molecular weight excluding hydrogens is 378 g/mol. The van der Waals surface area contributed by atoms with Crippen LogP contribution in [0.2, 0.25) is 0 Å². The van der Waals surface area contributed by atoms with E-state index >= 15 is 0 Å². The minimum atomic E-state index is -0.0903. The SMILES string of the molecule is C=C/C=C\C=C\C(C)N(C(C)c1ccccc1)C(C)N(C(C)N)C(C)c1ccccc1. The molecule has 0 saturated heterocycles. The van der Waals surface area contributed by atoms with Crippen LogP contribution in [0.4, 0.5) is 0 Å². The van der Waals surface area contributed by atoms with Crippen LogP contribution in [0.25, 0.3) is 0 Å². The maximum atomic E-state index is 6.55. The van der Waals surface area contributed by atoms with E-state index in [1.165, 1.54) is 11.1 Å². The van der Waals surface area contributed by atoms with Gasteiger partial charge in [-0.15, -0.1) is 0 Å². The fourth-order valence-corrected chi connectivity index (χ4v) is 4.46. The van der Waals surface area contributed by atoms with Gasteiger partial charge < -0.3 is 5.73 Å². The van der Waals surface area contributed by atoms with E-state index in [0.717, 1.165) is 0 Å². The number of rotatable bonds is 11. The quantitative estimate of drug-likeness (QED) is 0.337. The molecule has 5 unspecified atom stereocenters. The van der Waals surface area contributed by atoms with Crippen LogP contribution in [-0.2, 0) is 0 Å². The van der Waals surface area contributed by atoms with Crippen LogP contribution in [0, 0.1) is 0 Å². The van der Waals surface area contributed by atoms with Crippen LogP contribution in [-0.4, -0.2) is 28.2 Å². The second-order valence-corrected chi connectivity index (χ2v) is 8.19. The Morgan fingerprint density at radius 3 is 1.65 bits per heavy atom. The Morgan fingerprint density at radius 2 is 1.19 bits per heavy atom. The van der Waals surface area contributed by atoms with Gasteiger partial charge >= 0.3 is 0 Å². The van der Waals surface area contributed by atoms with E-state index in [1.807, 2.05) is 12.2 Å². The summed E-state index contributed by atoms with van der Waals surface area (Å²) in [7, 11) is 0. The highest BCUT2D eigenvalue weighted by atomic mass is 15.4. The zero-order chi connectivity index (χ0) is 22.8. The molecule has 0 spiro atoms. The van der Waals surface area contributed by atoms with Gasteiger partial charge in [0.15, 0.2) is 0 Å². The summed E-state index contributed by atoms with van der Waals surface area (Å²) in [6.07, 6.45) is 10.1. The van der Waals surface area contributed by atoms with Gasteiger partial charge in [0, 0.05) is 18.1 Å². The van der Waals surface area contributed by atoms with Gasteiger partial charge in [0.25, 0.3) is 0 Å². The fourth-order valence-electron chi connectivity index (χ4n) is 4.46. The van der Waals surface area contributed by atoms with Crippen molar-refractivity contribution in [2.75, 3.05) is 0 Å². The number of allylic oxidation sites excluding steroid dienone is 4. The van der Waals surface area contributed by atoms with E-state index < -0.39 is 0 Å². The van der Waals surface area contributed by atoms with E-state index in [9.17, 15) is 0 Å². The molecule has 0 aliphatic carbocycles. The molecule has 0 aliphatic heterocycles. The molecule has 0 saturated carbocycles. The largest absolute Gasteiger partial charge is 0.316 e. The van der Waals surface area contributed by atoms with Crippen molar-refractivity contribution in [2.45, 2.75) is 65.1 Å². The summed E-state index contributed by atoms with van der Waals surface area (Å²) in [5.41, 5.74) is 9.12. The van der Waals surface area contributed by atoms with Gasteiger partial charge in [0.2, 0.25) is 0 Å². The Morgan fingerprint density at radius 1 is 0.710 bits per heavy atom. The smallest absolute Gasteiger partial charge is 0.0623 e. The highest BCUT2D eigenvalue weighted by molar-refractivity contribution is 5.21. The molecule has 3 heteroatoms. The molecule has 0 aromatic heterocycles. The van der Waals surface area contributed by atoms with E-state index in [-0.39, 0.29) is 30.5 Å². The summed E-state index contributed by atoms with van der Waals surface area (Å²) < 4.78 is 0. The van der Waals surface area contributed by atoms with Gasteiger partial charge in [-0.05, 0) is 45.7 Å². The van der Waals surface area contributed by atoms with Crippen molar-refractivity contribution in [3.8, 4) is 0 Å². The second kappa shape index (κ2) is 12.4. The minimum Gasteiger partial charge on any atom is -0.316 e. The number of nitrogens with zero attached hydrogens (tertiary/aromatic N) is 2. The lowest BCUT2D eigenvalue weighted by Gasteiger charge is -2.47. The van der Waals surface area contributed by atoms with E-state index in [4.69, 9.17) is 5.73 Å². The minimum absolute atomic E-state index is 0.0903. The summed E-state index contributed by atoms with van der Waals surface area (Å²) in [5.74, 6) is 0. The maximum absolute atomic E-state index is 6.55. The molecule has 0 bridgehead atoms. The third-order valence-electron chi connectivity index (χ3n) is 6.01. The van der Waals surface area contributed by atoms with Crippen molar-refractivity contribution in [2.24, 2.45) is 5.73 Å². The molecule has 31 heavy (non-hydrogen) atoms. The lowest BCUT2D eigenvalue weighted by Crippen LogP contribution is -2.56. The molecule has 0 amide bonds. The topological polar surface area (TPSA) is 32.5 Å². The van der Waals surface area contributed by atoms with Crippen molar-refractivity contribution in [3.63, 3.8) is 0 Å². The average Bonchev–Trinajstić information content (AvgIpc) is 2.78. The number of benzene rings is 2. The van der Waals surface area contributed by atoms with Gasteiger partial charge in [-0.3, -0.25) is 9.80 Å². The summed E-state index contributed by atoms with van der Waals surface area (Å²) >= 11 is 0. The Kier molecular flexibility index (Phi) is 9.93. The monoisotopic (exact) mass is 417 g/mol. The van der Waals surface area contributed by atoms with E-state index in [0.29, 0.717) is 0 Å². The Labute approximate surface area is 189 Å². The van der Waals surface area contributed by atoms with E-state index in [2.05, 4.69) is 124 Å². The lowest BCUT2D eigenvalue weighted by molar-refractivity contribution is -0.0306. The first-order chi connectivity index (χ1) is 14.9. The summed E-state index contributed by atoms with van der Waals surface area (Å²) in [6, 6.07) is 21.9. The summed E-state index contributed by atoms with van der Waals surface area (Å²) in [6.45, 7) is 14.9. The van der Waals surface area contributed by atoms with Crippen molar-refractivity contribution >= 4 is 0 Å². The number of hydrogen-bond acceptors (Lipinski definition) is 3. The molecule has 2 aromatic carbocycles. The second-order valence-electron chi connectivity index (χ2n) is 8.19. The maximum Gasteiger partial charge on any atom is 0.0623 e. The standard InChI is InChI=1S/C28H39N3/c1-7-8-9-12-17-22(2)30(23(3)27-18-13-10-14-19-27)26(6)31(25(5)29)24(4)28-20-15-11-16-21-28/h7-26H,1,29H2,2-6H3/b9-8-,17-12+. The lowest BCUT2D eigenvalue weighted by atomic mass is 10.0. The first-order valence-electron chi connectivity index (χ1n) is 11.2. The van der Waals surface area contributed by atoms with Crippen LogP contribution < -0.4 is 5.73 Å². The predicted molar refractivity (Wildman–Crippen MR) is 134 cm³/mol. The third kappa shape index (κ3) is 6.76. The summed E-state index contributed by atoms with van der Waals surface area (Å²) in [5, 5.41) is 0. The molecule has 2 aromatic rings. The van der Waals surface area contributed by atoms with Crippen molar-refractivity contribution in [3.05, 3.63) is 109 Å². The van der Waals surface area contributed by atoms with Gasteiger partial charge in [0.05, 0.1) is 12.3 Å². The normalized spacial score (nSPS) is 17.2. The molecule has 0 aliphatic rings.